The van der Waals surface area contributed by atoms with Crippen LogP contribution in [0.25, 0.3) is 0 Å². The first-order chi connectivity index (χ1) is 11.9. The lowest BCUT2D eigenvalue weighted by Gasteiger charge is -2.47. The number of ether oxygens (including phenoxy) is 5. The Bertz CT molecular complexity index is 613. The van der Waals surface area contributed by atoms with Crippen molar-refractivity contribution in [2.24, 2.45) is 0 Å². The van der Waals surface area contributed by atoms with Gasteiger partial charge in [0, 0.05) is 34.6 Å². The maximum atomic E-state index is 11.6. The van der Waals surface area contributed by atoms with Gasteiger partial charge in [0.25, 0.3) is 5.79 Å². The van der Waals surface area contributed by atoms with Crippen LogP contribution in [0.5, 0.6) is 0 Å². The Kier molecular flexibility index (Phi) is 6.67. The van der Waals surface area contributed by atoms with Crippen molar-refractivity contribution in [2.75, 3.05) is 0 Å². The highest BCUT2D eigenvalue weighted by molar-refractivity contribution is 5.76. The highest BCUT2D eigenvalue weighted by Gasteiger charge is 2.61. The number of carboxylic acids is 1. The zero-order valence-corrected chi connectivity index (χ0v) is 14.8. The highest BCUT2D eigenvalue weighted by atomic mass is 16.8. The van der Waals surface area contributed by atoms with E-state index in [0.29, 0.717) is 0 Å². The predicted octanol–water partition coefficient (Wildman–Crippen LogP) is -0.456. The van der Waals surface area contributed by atoms with E-state index in [0.717, 1.165) is 34.6 Å². The van der Waals surface area contributed by atoms with Crippen molar-refractivity contribution in [3.05, 3.63) is 0 Å². The molecule has 0 aliphatic carbocycles. The third kappa shape index (κ3) is 5.15. The summed E-state index contributed by atoms with van der Waals surface area (Å²) in [5.41, 5.74) is 0. The minimum Gasteiger partial charge on any atom is -0.479 e. The maximum Gasteiger partial charge on any atom is 0.337 e. The Morgan fingerprint density at radius 3 is 1.65 bits per heavy atom. The fourth-order valence-electron chi connectivity index (χ4n) is 2.58. The van der Waals surface area contributed by atoms with Crippen LogP contribution in [0.2, 0.25) is 0 Å². The lowest BCUT2D eigenvalue weighted by molar-refractivity contribution is -0.339. The number of hydrogen-bond acceptors (Lipinski definition) is 10. The smallest absolute Gasteiger partial charge is 0.337 e. The fraction of sp³-hybridized carbons (Fsp3) is 0.667. The van der Waals surface area contributed by atoms with Gasteiger partial charge < -0.3 is 28.8 Å². The maximum absolute atomic E-state index is 11.6. The first-order valence-electron chi connectivity index (χ1n) is 7.49. The van der Waals surface area contributed by atoms with Gasteiger partial charge in [-0.15, -0.1) is 0 Å². The van der Waals surface area contributed by atoms with E-state index in [1.807, 2.05) is 0 Å². The molecule has 0 aromatic rings. The Hall–Kier alpha value is -2.69. The summed E-state index contributed by atoms with van der Waals surface area (Å²) in [7, 11) is 0. The minimum atomic E-state index is -2.11. The molecule has 0 amide bonds. The number of carbonyl (C=O) groups is 5. The molecular formula is C15H20O11. The molecule has 1 aliphatic heterocycles. The van der Waals surface area contributed by atoms with Crippen molar-refractivity contribution < 1.29 is 52.8 Å². The Morgan fingerprint density at radius 1 is 0.808 bits per heavy atom. The van der Waals surface area contributed by atoms with Gasteiger partial charge in [0.1, 0.15) is 0 Å². The Morgan fingerprint density at radius 2 is 1.27 bits per heavy atom. The molecule has 11 nitrogen and oxygen atoms in total. The van der Waals surface area contributed by atoms with Crippen LogP contribution in [-0.4, -0.2) is 65.2 Å². The molecule has 0 spiro atoms. The van der Waals surface area contributed by atoms with Crippen LogP contribution in [0.15, 0.2) is 0 Å². The predicted molar refractivity (Wildman–Crippen MR) is 79.3 cm³/mol. The molecule has 0 unspecified atom stereocenters. The van der Waals surface area contributed by atoms with E-state index in [2.05, 4.69) is 0 Å². The zero-order valence-electron chi connectivity index (χ0n) is 14.8. The van der Waals surface area contributed by atoms with E-state index in [9.17, 15) is 29.1 Å². The molecule has 1 rings (SSSR count). The molecule has 5 atom stereocenters. The second kappa shape index (κ2) is 8.13. The molecule has 146 valence electrons. The van der Waals surface area contributed by atoms with Gasteiger partial charge in [-0.1, -0.05) is 0 Å². The second-order valence-corrected chi connectivity index (χ2v) is 5.66. The minimum absolute atomic E-state index is 0.857. The number of esters is 4. The van der Waals surface area contributed by atoms with Gasteiger partial charge in [0.2, 0.25) is 6.10 Å². The topological polar surface area (TPSA) is 152 Å². The van der Waals surface area contributed by atoms with E-state index in [1.54, 1.807) is 0 Å². The Labute approximate surface area is 148 Å². The van der Waals surface area contributed by atoms with Crippen LogP contribution >= 0.6 is 0 Å². The molecule has 0 radical (unpaired) electrons. The van der Waals surface area contributed by atoms with Crippen molar-refractivity contribution in [1.29, 1.82) is 0 Å². The molecule has 0 bridgehead atoms. The van der Waals surface area contributed by atoms with Gasteiger partial charge in [-0.25, -0.2) is 4.79 Å². The molecule has 1 fully saturated rings. The lowest BCUT2D eigenvalue weighted by atomic mass is 9.92. The molecular weight excluding hydrogens is 356 g/mol. The molecule has 1 heterocycles. The number of rotatable bonds is 5. The normalized spacial score (nSPS) is 30.7. The standard InChI is InChI=1S/C15H20O11/c1-6(16)22-10-11(23-7(2)17)13(24-8(3)18)15(5,25-9(4)19)26-12(10)14(20)21/h10-13H,1-5H3,(H,20,21)/t10-,11-,12-,13+,15+/m0/s1. The van der Waals surface area contributed by atoms with Gasteiger partial charge in [-0.2, -0.15) is 0 Å². The van der Waals surface area contributed by atoms with Gasteiger partial charge in [-0.05, 0) is 0 Å². The van der Waals surface area contributed by atoms with Crippen LogP contribution in [-0.2, 0) is 47.7 Å². The molecule has 0 saturated carbocycles. The third-order valence-electron chi connectivity index (χ3n) is 3.29. The lowest BCUT2D eigenvalue weighted by Crippen LogP contribution is -2.68. The van der Waals surface area contributed by atoms with Gasteiger partial charge in [0.15, 0.2) is 18.3 Å². The average molecular weight is 376 g/mol. The molecule has 1 N–H and O–H groups in total. The second-order valence-electron chi connectivity index (χ2n) is 5.66. The third-order valence-corrected chi connectivity index (χ3v) is 3.29. The van der Waals surface area contributed by atoms with Crippen molar-refractivity contribution >= 4 is 29.8 Å². The number of hydrogen-bond donors (Lipinski definition) is 1. The molecule has 26 heavy (non-hydrogen) atoms. The summed E-state index contributed by atoms with van der Waals surface area (Å²) >= 11 is 0. The van der Waals surface area contributed by atoms with Crippen LogP contribution in [0.3, 0.4) is 0 Å². The molecule has 1 aliphatic rings. The first kappa shape index (κ1) is 21.4. The van der Waals surface area contributed by atoms with E-state index < -0.39 is 60.0 Å². The summed E-state index contributed by atoms with van der Waals surface area (Å²) in [6, 6.07) is 0. The zero-order chi connectivity index (χ0) is 20.2. The van der Waals surface area contributed by atoms with E-state index >= 15 is 0 Å². The van der Waals surface area contributed by atoms with Crippen LogP contribution in [0, 0.1) is 0 Å². The first-order valence-corrected chi connectivity index (χ1v) is 7.49. The van der Waals surface area contributed by atoms with Crippen LogP contribution < -0.4 is 0 Å². The monoisotopic (exact) mass is 376 g/mol. The summed E-state index contributed by atoms with van der Waals surface area (Å²) in [5.74, 6) is -7.18. The largest absolute Gasteiger partial charge is 0.479 e. The van der Waals surface area contributed by atoms with E-state index in [1.165, 1.54) is 0 Å². The van der Waals surface area contributed by atoms with Crippen LogP contribution in [0.1, 0.15) is 34.6 Å². The van der Waals surface area contributed by atoms with E-state index in [4.69, 9.17) is 23.7 Å². The van der Waals surface area contributed by atoms with E-state index in [-0.39, 0.29) is 0 Å². The summed E-state index contributed by atoms with van der Waals surface area (Å²) in [6.45, 7) is 5.21. The van der Waals surface area contributed by atoms with Crippen LogP contribution in [0.4, 0.5) is 0 Å². The summed E-state index contributed by atoms with van der Waals surface area (Å²) < 4.78 is 25.3. The average Bonchev–Trinajstić information content (AvgIpc) is 2.43. The fourth-order valence-corrected chi connectivity index (χ4v) is 2.58. The van der Waals surface area contributed by atoms with Gasteiger partial charge >= 0.3 is 29.8 Å². The number of aliphatic carboxylic acids is 1. The molecule has 11 heteroatoms. The van der Waals surface area contributed by atoms with Gasteiger partial charge in [-0.3, -0.25) is 19.2 Å². The SMILES string of the molecule is CC(=O)O[C@H]1[C@H](OC(C)=O)[C@@H](OC(C)=O)[C@](C)(OC(C)=O)O[C@@H]1C(=O)O. The number of carboxylic acid groups (broad SMARTS) is 1. The summed E-state index contributed by atoms with van der Waals surface area (Å²) in [6.07, 6.45) is -6.70. The molecule has 0 aromatic carbocycles. The van der Waals surface area contributed by atoms with Crippen molar-refractivity contribution in [1.82, 2.24) is 0 Å². The summed E-state index contributed by atoms with van der Waals surface area (Å²) in [5, 5.41) is 9.40. The summed E-state index contributed by atoms with van der Waals surface area (Å²) in [4.78, 5) is 57.3. The van der Waals surface area contributed by atoms with Crippen molar-refractivity contribution in [2.45, 2.75) is 64.8 Å². The molecule has 0 aromatic heterocycles. The van der Waals surface area contributed by atoms with Gasteiger partial charge in [0.05, 0.1) is 0 Å². The number of carbonyl (C=O) groups excluding carboxylic acids is 4. The quantitative estimate of drug-likeness (QED) is 0.490. The molecule has 1 saturated heterocycles. The van der Waals surface area contributed by atoms with Crippen molar-refractivity contribution in [3.8, 4) is 0 Å². The van der Waals surface area contributed by atoms with Crippen molar-refractivity contribution in [3.63, 3.8) is 0 Å². The highest BCUT2D eigenvalue weighted by Crippen LogP contribution is 2.36. The Balaban J connectivity index is 3.48.